The van der Waals surface area contributed by atoms with Gasteiger partial charge in [-0.05, 0) is 19.4 Å². The maximum atomic E-state index is 5.28. The molecule has 0 aliphatic heterocycles. The van der Waals surface area contributed by atoms with Gasteiger partial charge < -0.3 is 10.5 Å². The normalized spacial score (nSPS) is 10.2. The molecule has 10 heavy (non-hydrogen) atoms. The van der Waals surface area contributed by atoms with Crippen LogP contribution in [0.15, 0.2) is 0 Å². The van der Waals surface area contributed by atoms with Crippen LogP contribution < -0.4 is 5.73 Å². The zero-order valence-corrected chi connectivity index (χ0v) is 6.81. The average molecular weight is 144 g/mol. The molecule has 0 unspecified atom stereocenters. The lowest BCUT2D eigenvalue weighted by molar-refractivity contribution is 0.188. The molecule has 2 N–H and O–H groups in total. The highest BCUT2D eigenvalue weighted by atomic mass is 16.5. The molecule has 2 heteroatoms. The fourth-order valence-electron chi connectivity index (χ4n) is 0.621. The third-order valence-corrected chi connectivity index (χ3v) is 1.26. The highest BCUT2D eigenvalue weighted by Gasteiger charge is 1.87. The van der Waals surface area contributed by atoms with Crippen molar-refractivity contribution >= 4 is 0 Å². The predicted molar refractivity (Wildman–Crippen MR) is 43.4 cm³/mol. The Hall–Kier alpha value is -0.0800. The van der Waals surface area contributed by atoms with Gasteiger partial charge in [-0.2, -0.15) is 0 Å². The topological polar surface area (TPSA) is 35.2 Å². The SMILES string of the molecule is CCCC[CH]OCCCN. The van der Waals surface area contributed by atoms with Crippen LogP contribution in [0.2, 0.25) is 0 Å². The van der Waals surface area contributed by atoms with Crippen molar-refractivity contribution in [3.8, 4) is 0 Å². The van der Waals surface area contributed by atoms with E-state index in [4.69, 9.17) is 10.5 Å². The van der Waals surface area contributed by atoms with Crippen LogP contribution >= 0.6 is 0 Å². The average Bonchev–Trinajstić information content (AvgIpc) is 1.97. The second-order valence-corrected chi connectivity index (χ2v) is 2.32. The minimum Gasteiger partial charge on any atom is -0.375 e. The minimum atomic E-state index is 0.724. The number of hydrogen-bond acceptors (Lipinski definition) is 2. The van der Waals surface area contributed by atoms with Crippen LogP contribution in [0.3, 0.4) is 0 Å². The van der Waals surface area contributed by atoms with Crippen LogP contribution in [-0.2, 0) is 4.74 Å². The highest BCUT2D eigenvalue weighted by molar-refractivity contribution is 4.50. The van der Waals surface area contributed by atoms with Gasteiger partial charge >= 0.3 is 0 Å². The number of hydrogen-bond donors (Lipinski definition) is 1. The molecule has 0 heterocycles. The fourth-order valence-corrected chi connectivity index (χ4v) is 0.621. The van der Waals surface area contributed by atoms with Crippen molar-refractivity contribution in [2.24, 2.45) is 5.73 Å². The van der Waals surface area contributed by atoms with Crippen LogP contribution in [0.4, 0.5) is 0 Å². The number of nitrogens with two attached hydrogens (primary N) is 1. The van der Waals surface area contributed by atoms with Gasteiger partial charge in [0.2, 0.25) is 0 Å². The molecule has 1 radical (unpaired) electrons. The van der Waals surface area contributed by atoms with Crippen LogP contribution in [0, 0.1) is 6.61 Å². The Kier molecular flexibility index (Phi) is 8.85. The highest BCUT2D eigenvalue weighted by Crippen LogP contribution is 1.98. The van der Waals surface area contributed by atoms with E-state index in [1.54, 1.807) is 0 Å². The van der Waals surface area contributed by atoms with E-state index in [1.807, 2.05) is 6.61 Å². The van der Waals surface area contributed by atoms with Gasteiger partial charge in [-0.3, -0.25) is 0 Å². The molecule has 0 saturated heterocycles. The number of rotatable bonds is 7. The summed E-state index contributed by atoms with van der Waals surface area (Å²) in [7, 11) is 0. The minimum absolute atomic E-state index is 0.724. The molecule has 0 atom stereocenters. The third-order valence-electron chi connectivity index (χ3n) is 1.26. The van der Waals surface area contributed by atoms with E-state index >= 15 is 0 Å². The van der Waals surface area contributed by atoms with Crippen LogP contribution in [-0.4, -0.2) is 13.2 Å². The van der Waals surface area contributed by atoms with Gasteiger partial charge in [0, 0.05) is 6.61 Å². The lowest BCUT2D eigenvalue weighted by Gasteiger charge is -1.99. The lowest BCUT2D eigenvalue weighted by Crippen LogP contribution is -2.03. The van der Waals surface area contributed by atoms with Gasteiger partial charge in [0.25, 0.3) is 0 Å². The second-order valence-electron chi connectivity index (χ2n) is 2.32. The van der Waals surface area contributed by atoms with Crippen molar-refractivity contribution in [3.05, 3.63) is 6.61 Å². The molecule has 0 aliphatic carbocycles. The van der Waals surface area contributed by atoms with E-state index in [1.165, 1.54) is 12.8 Å². The molecule has 0 fully saturated rings. The summed E-state index contributed by atoms with van der Waals surface area (Å²) < 4.78 is 5.17. The summed E-state index contributed by atoms with van der Waals surface area (Å²) in [5.74, 6) is 0. The van der Waals surface area contributed by atoms with Crippen molar-refractivity contribution in [3.63, 3.8) is 0 Å². The second kappa shape index (κ2) is 8.92. The molecule has 0 aromatic carbocycles. The maximum Gasteiger partial charge on any atom is 0.0836 e. The molecular weight excluding hydrogens is 126 g/mol. The van der Waals surface area contributed by atoms with Gasteiger partial charge in [-0.15, -0.1) is 0 Å². The standard InChI is InChI=1S/C8H18NO/c1-2-3-4-7-10-8-5-6-9/h7H,2-6,8-9H2,1H3. The number of ether oxygens (including phenoxy) is 1. The number of unbranched alkanes of at least 4 members (excludes halogenated alkanes) is 2. The Bertz CT molecular complexity index is 49.2. The van der Waals surface area contributed by atoms with Crippen LogP contribution in [0.25, 0.3) is 0 Å². The largest absolute Gasteiger partial charge is 0.375 e. The molecule has 0 aliphatic rings. The molecule has 0 aromatic rings. The summed E-state index contributed by atoms with van der Waals surface area (Å²) >= 11 is 0. The molecule has 0 bridgehead atoms. The summed E-state index contributed by atoms with van der Waals surface area (Å²) in [6, 6.07) is 0. The van der Waals surface area contributed by atoms with Crippen molar-refractivity contribution in [2.45, 2.75) is 32.6 Å². The first-order valence-electron chi connectivity index (χ1n) is 4.05. The van der Waals surface area contributed by atoms with Crippen molar-refractivity contribution in [2.75, 3.05) is 13.2 Å². The van der Waals surface area contributed by atoms with E-state index in [-0.39, 0.29) is 0 Å². The molecule has 0 rings (SSSR count). The van der Waals surface area contributed by atoms with Gasteiger partial charge in [0.05, 0.1) is 6.61 Å². The van der Waals surface area contributed by atoms with E-state index in [2.05, 4.69) is 6.92 Å². The van der Waals surface area contributed by atoms with E-state index in [0.717, 1.165) is 26.0 Å². The summed E-state index contributed by atoms with van der Waals surface area (Å²) in [5.41, 5.74) is 5.28. The Labute approximate surface area is 63.7 Å². The van der Waals surface area contributed by atoms with E-state index < -0.39 is 0 Å². The lowest BCUT2D eigenvalue weighted by atomic mass is 10.3. The van der Waals surface area contributed by atoms with Crippen molar-refractivity contribution < 1.29 is 4.74 Å². The maximum absolute atomic E-state index is 5.28. The quantitative estimate of drug-likeness (QED) is 0.552. The Morgan fingerprint density at radius 1 is 1.40 bits per heavy atom. The zero-order chi connectivity index (χ0) is 7.66. The summed E-state index contributed by atoms with van der Waals surface area (Å²) in [4.78, 5) is 0. The molecule has 0 spiro atoms. The first-order chi connectivity index (χ1) is 4.91. The van der Waals surface area contributed by atoms with Crippen LogP contribution in [0.1, 0.15) is 32.6 Å². The molecule has 0 saturated carbocycles. The molecular formula is C8H18NO. The third kappa shape index (κ3) is 7.92. The smallest absolute Gasteiger partial charge is 0.0836 e. The summed E-state index contributed by atoms with van der Waals surface area (Å²) in [6.45, 7) is 5.56. The predicted octanol–water partition coefficient (Wildman–Crippen LogP) is 1.70. The fraction of sp³-hybridized carbons (Fsp3) is 0.875. The molecule has 61 valence electrons. The monoisotopic (exact) mass is 144 g/mol. The summed E-state index contributed by atoms with van der Waals surface area (Å²) in [5, 5.41) is 0. The molecule has 2 nitrogen and oxygen atoms in total. The van der Waals surface area contributed by atoms with Gasteiger partial charge in [-0.1, -0.05) is 19.8 Å². The summed E-state index contributed by atoms with van der Waals surface area (Å²) in [6.07, 6.45) is 4.49. The van der Waals surface area contributed by atoms with Gasteiger partial charge in [0.1, 0.15) is 0 Å². The zero-order valence-electron chi connectivity index (χ0n) is 6.81. The van der Waals surface area contributed by atoms with Gasteiger partial charge in [0.15, 0.2) is 0 Å². The Morgan fingerprint density at radius 2 is 2.20 bits per heavy atom. The first kappa shape index (κ1) is 9.92. The van der Waals surface area contributed by atoms with Crippen LogP contribution in [0.5, 0.6) is 0 Å². The molecule has 0 aromatic heterocycles. The van der Waals surface area contributed by atoms with E-state index in [9.17, 15) is 0 Å². The van der Waals surface area contributed by atoms with E-state index in [0.29, 0.717) is 0 Å². The first-order valence-corrected chi connectivity index (χ1v) is 4.05. The van der Waals surface area contributed by atoms with Gasteiger partial charge in [-0.25, -0.2) is 0 Å². The molecule has 0 amide bonds. The van der Waals surface area contributed by atoms with Crippen molar-refractivity contribution in [1.29, 1.82) is 0 Å². The van der Waals surface area contributed by atoms with Crippen molar-refractivity contribution in [1.82, 2.24) is 0 Å². The Balaban J connectivity index is 2.65. The Morgan fingerprint density at radius 3 is 2.80 bits per heavy atom.